The maximum atomic E-state index is 6.14. The lowest BCUT2D eigenvalue weighted by Gasteiger charge is -2.32. The number of hydrogen-bond donors (Lipinski definition) is 1. The highest BCUT2D eigenvalue weighted by atomic mass is 79.9. The minimum Gasteiger partial charge on any atom is -0.366 e. The molecule has 0 spiro atoms. The van der Waals surface area contributed by atoms with Gasteiger partial charge in [0.05, 0.1) is 10.7 Å². The molecular formula is C24H24BBrN6. The molecule has 4 heterocycles. The van der Waals surface area contributed by atoms with Crippen LogP contribution in [0.15, 0.2) is 65.5 Å². The number of halogens is 1. The molecule has 1 aromatic carbocycles. The largest absolute Gasteiger partial charge is 0.366 e. The summed E-state index contributed by atoms with van der Waals surface area (Å²) < 4.78 is 2.76. The minimum absolute atomic E-state index is 0.421. The predicted octanol–water partition coefficient (Wildman–Crippen LogP) is 3.67. The maximum absolute atomic E-state index is 6.14. The summed E-state index contributed by atoms with van der Waals surface area (Å²) in [4.78, 5) is 11.6. The molecule has 1 fully saturated rings. The Kier molecular flexibility index (Phi) is 6.23. The van der Waals surface area contributed by atoms with Crippen molar-refractivity contribution in [2.24, 2.45) is 0 Å². The van der Waals surface area contributed by atoms with E-state index in [9.17, 15) is 0 Å². The Labute approximate surface area is 197 Å². The van der Waals surface area contributed by atoms with Gasteiger partial charge in [-0.3, -0.25) is 9.88 Å². The molecule has 4 aromatic rings. The third-order valence-corrected chi connectivity index (χ3v) is 6.66. The van der Waals surface area contributed by atoms with Crippen molar-refractivity contribution in [2.75, 3.05) is 18.4 Å². The van der Waals surface area contributed by atoms with E-state index >= 15 is 0 Å². The van der Waals surface area contributed by atoms with Gasteiger partial charge in [0.1, 0.15) is 13.7 Å². The summed E-state index contributed by atoms with van der Waals surface area (Å²) in [5.74, 6) is 1.36. The smallest absolute Gasteiger partial charge is 0.171 e. The van der Waals surface area contributed by atoms with E-state index < -0.39 is 0 Å². The number of benzene rings is 1. The van der Waals surface area contributed by atoms with E-state index in [0.717, 1.165) is 65.1 Å². The molecule has 3 aromatic heterocycles. The Morgan fingerprint density at radius 2 is 1.94 bits per heavy atom. The van der Waals surface area contributed by atoms with Gasteiger partial charge in [0.25, 0.3) is 0 Å². The highest BCUT2D eigenvalue weighted by Gasteiger charge is 2.23. The molecule has 0 amide bonds. The van der Waals surface area contributed by atoms with Gasteiger partial charge in [0, 0.05) is 43.2 Å². The first kappa shape index (κ1) is 21.2. The number of pyridine rings is 1. The molecule has 1 aliphatic rings. The summed E-state index contributed by atoms with van der Waals surface area (Å²) in [7, 11) is 6.14. The SMILES string of the molecule is [B]c1ccccc1CN1CCC(c2cc(NCc3cccnc3)n3ncc(Br)c3n2)CC1. The zero-order valence-electron chi connectivity index (χ0n) is 17.8. The second kappa shape index (κ2) is 9.42. The van der Waals surface area contributed by atoms with Crippen LogP contribution in [-0.4, -0.2) is 45.4 Å². The van der Waals surface area contributed by atoms with Crippen LogP contribution in [-0.2, 0) is 13.1 Å². The van der Waals surface area contributed by atoms with Gasteiger partial charge in [0.15, 0.2) is 5.65 Å². The molecule has 32 heavy (non-hydrogen) atoms. The van der Waals surface area contributed by atoms with Crippen LogP contribution in [0.25, 0.3) is 5.65 Å². The standard InChI is InChI=1S/C24H24BBrN6/c25-20-6-2-1-5-19(20)16-31-10-7-18(8-11-31)22-12-23(28-14-17-4-3-9-27-13-17)32-24(30-22)21(26)15-29-32/h1-6,9,12-13,15,18,28H,7-8,10-11,14,16H2. The van der Waals surface area contributed by atoms with Crippen molar-refractivity contribution in [1.29, 1.82) is 0 Å². The Balaban J connectivity index is 1.32. The summed E-state index contributed by atoms with van der Waals surface area (Å²) in [6.07, 6.45) is 7.61. The van der Waals surface area contributed by atoms with E-state index in [4.69, 9.17) is 12.8 Å². The van der Waals surface area contributed by atoms with Crippen LogP contribution in [0.3, 0.4) is 0 Å². The van der Waals surface area contributed by atoms with Crippen molar-refractivity contribution in [2.45, 2.75) is 31.8 Å². The Hall–Kier alpha value is -2.71. The fraction of sp³-hybridized carbons (Fsp3) is 0.292. The monoisotopic (exact) mass is 486 g/mol. The number of aromatic nitrogens is 4. The van der Waals surface area contributed by atoms with E-state index in [-0.39, 0.29) is 0 Å². The molecule has 1 aliphatic heterocycles. The average Bonchev–Trinajstić information content (AvgIpc) is 3.21. The zero-order chi connectivity index (χ0) is 21.9. The molecular weight excluding hydrogens is 463 g/mol. The number of anilines is 1. The second-order valence-corrected chi connectivity index (χ2v) is 9.11. The van der Waals surface area contributed by atoms with Crippen molar-refractivity contribution in [1.82, 2.24) is 24.5 Å². The summed E-state index contributed by atoms with van der Waals surface area (Å²) in [5, 5.41) is 8.01. The van der Waals surface area contributed by atoms with E-state index in [1.807, 2.05) is 28.9 Å². The van der Waals surface area contributed by atoms with Gasteiger partial charge < -0.3 is 5.32 Å². The van der Waals surface area contributed by atoms with E-state index in [0.29, 0.717) is 12.5 Å². The summed E-state index contributed by atoms with van der Waals surface area (Å²) in [6, 6.07) is 14.3. The van der Waals surface area contributed by atoms with Crippen molar-refractivity contribution in [3.63, 3.8) is 0 Å². The molecule has 1 N–H and O–H groups in total. The number of nitrogens with zero attached hydrogens (tertiary/aromatic N) is 5. The van der Waals surface area contributed by atoms with Gasteiger partial charge in [0.2, 0.25) is 0 Å². The van der Waals surface area contributed by atoms with Gasteiger partial charge in [-0.05, 0) is 59.1 Å². The average molecular weight is 487 g/mol. The molecule has 160 valence electrons. The summed E-state index contributed by atoms with van der Waals surface area (Å²) in [5.41, 5.74) is 5.16. The van der Waals surface area contributed by atoms with Crippen molar-refractivity contribution in [3.8, 4) is 0 Å². The molecule has 1 saturated heterocycles. The first-order chi connectivity index (χ1) is 15.7. The van der Waals surface area contributed by atoms with Crippen LogP contribution in [0.4, 0.5) is 5.82 Å². The summed E-state index contributed by atoms with van der Waals surface area (Å²) in [6.45, 7) is 3.65. The van der Waals surface area contributed by atoms with Crippen molar-refractivity contribution in [3.05, 3.63) is 82.3 Å². The molecule has 0 aliphatic carbocycles. The van der Waals surface area contributed by atoms with Crippen LogP contribution in [0.1, 0.15) is 35.6 Å². The lowest BCUT2D eigenvalue weighted by atomic mass is 9.89. The lowest BCUT2D eigenvalue weighted by Crippen LogP contribution is -2.34. The van der Waals surface area contributed by atoms with E-state index in [2.05, 4.69) is 60.5 Å². The molecule has 6 nitrogen and oxygen atoms in total. The Morgan fingerprint density at radius 1 is 1.09 bits per heavy atom. The van der Waals surface area contributed by atoms with Crippen molar-refractivity contribution >= 4 is 40.7 Å². The fourth-order valence-electron chi connectivity index (χ4n) is 4.29. The van der Waals surface area contributed by atoms with Gasteiger partial charge in [-0.2, -0.15) is 9.61 Å². The highest BCUT2D eigenvalue weighted by Crippen LogP contribution is 2.31. The first-order valence-corrected chi connectivity index (χ1v) is 11.7. The molecule has 0 unspecified atom stereocenters. The molecule has 8 heteroatoms. The number of piperidine rings is 1. The van der Waals surface area contributed by atoms with Gasteiger partial charge in [-0.1, -0.05) is 35.8 Å². The summed E-state index contributed by atoms with van der Waals surface area (Å²) >= 11 is 3.60. The first-order valence-electron chi connectivity index (χ1n) is 10.9. The number of likely N-dealkylation sites (tertiary alicyclic amines) is 1. The number of rotatable bonds is 6. The number of fused-ring (bicyclic) bond motifs is 1. The van der Waals surface area contributed by atoms with Crippen molar-refractivity contribution < 1.29 is 0 Å². The molecule has 0 saturated carbocycles. The number of hydrogen-bond acceptors (Lipinski definition) is 5. The topological polar surface area (TPSA) is 58.4 Å². The molecule has 5 rings (SSSR count). The third kappa shape index (κ3) is 4.57. The van der Waals surface area contributed by atoms with Gasteiger partial charge >= 0.3 is 0 Å². The molecule has 2 radical (unpaired) electrons. The maximum Gasteiger partial charge on any atom is 0.171 e. The van der Waals surface area contributed by atoms with E-state index in [1.54, 1.807) is 12.4 Å². The molecule has 0 atom stereocenters. The predicted molar refractivity (Wildman–Crippen MR) is 131 cm³/mol. The zero-order valence-corrected chi connectivity index (χ0v) is 19.4. The van der Waals surface area contributed by atoms with Gasteiger partial charge in [-0.15, -0.1) is 0 Å². The Morgan fingerprint density at radius 3 is 2.72 bits per heavy atom. The highest BCUT2D eigenvalue weighted by molar-refractivity contribution is 9.10. The minimum atomic E-state index is 0.421. The van der Waals surface area contributed by atoms with Crippen LogP contribution in [0, 0.1) is 0 Å². The quantitative estimate of drug-likeness (QED) is 0.421. The molecule has 0 bridgehead atoms. The lowest BCUT2D eigenvalue weighted by molar-refractivity contribution is 0.204. The van der Waals surface area contributed by atoms with Gasteiger partial charge in [-0.25, -0.2) is 4.98 Å². The van der Waals surface area contributed by atoms with Crippen LogP contribution in [0.5, 0.6) is 0 Å². The third-order valence-electron chi connectivity index (χ3n) is 6.10. The second-order valence-electron chi connectivity index (χ2n) is 8.26. The van der Waals surface area contributed by atoms with Crippen LogP contribution in [0.2, 0.25) is 0 Å². The van der Waals surface area contributed by atoms with E-state index in [1.165, 1.54) is 5.56 Å². The Bertz CT molecular complexity index is 1200. The number of nitrogens with one attached hydrogen (secondary N) is 1. The normalized spacial score (nSPS) is 15.3. The van der Waals surface area contributed by atoms with Crippen LogP contribution < -0.4 is 10.8 Å². The fourth-order valence-corrected chi connectivity index (χ4v) is 4.64. The van der Waals surface area contributed by atoms with Crippen LogP contribution >= 0.6 is 15.9 Å².